The van der Waals surface area contributed by atoms with E-state index >= 15 is 0 Å². The SMILES string of the molecule is Cc1ccc(S(=O)(=O)Nc2ccc(N3CCCCCC3)nn2)c(C)c1. The Labute approximate surface area is 149 Å². The molecule has 0 aliphatic carbocycles. The molecule has 7 heteroatoms. The van der Waals surface area contributed by atoms with E-state index < -0.39 is 10.0 Å². The summed E-state index contributed by atoms with van der Waals surface area (Å²) in [4.78, 5) is 2.47. The van der Waals surface area contributed by atoms with Crippen molar-refractivity contribution in [2.75, 3.05) is 22.7 Å². The predicted molar refractivity (Wildman–Crippen MR) is 99.4 cm³/mol. The zero-order valence-corrected chi connectivity index (χ0v) is 15.5. The Balaban J connectivity index is 1.76. The van der Waals surface area contributed by atoms with Crippen molar-refractivity contribution in [3.05, 3.63) is 41.5 Å². The van der Waals surface area contributed by atoms with E-state index in [0.717, 1.165) is 37.3 Å². The van der Waals surface area contributed by atoms with Crippen LogP contribution < -0.4 is 9.62 Å². The summed E-state index contributed by atoms with van der Waals surface area (Å²) in [6.45, 7) is 5.67. The molecule has 1 saturated heterocycles. The molecule has 0 bridgehead atoms. The lowest BCUT2D eigenvalue weighted by Crippen LogP contribution is -2.25. The summed E-state index contributed by atoms with van der Waals surface area (Å²) in [5.74, 6) is 1.04. The van der Waals surface area contributed by atoms with Crippen molar-refractivity contribution < 1.29 is 8.42 Å². The van der Waals surface area contributed by atoms with Gasteiger partial charge in [0, 0.05) is 13.1 Å². The predicted octanol–water partition coefficient (Wildman–Crippen LogP) is 3.27. The Bertz CT molecular complexity index is 827. The number of nitrogens with zero attached hydrogens (tertiary/aromatic N) is 3. The van der Waals surface area contributed by atoms with E-state index in [0.29, 0.717) is 5.56 Å². The van der Waals surface area contributed by atoms with Gasteiger partial charge in [-0.25, -0.2) is 8.42 Å². The lowest BCUT2D eigenvalue weighted by molar-refractivity contribution is 0.600. The van der Waals surface area contributed by atoms with Crippen LogP contribution in [-0.2, 0) is 10.0 Å². The van der Waals surface area contributed by atoms with Gasteiger partial charge in [-0.3, -0.25) is 4.72 Å². The molecule has 25 heavy (non-hydrogen) atoms. The first-order valence-electron chi connectivity index (χ1n) is 8.64. The lowest BCUT2D eigenvalue weighted by atomic mass is 10.2. The van der Waals surface area contributed by atoms with E-state index in [1.54, 1.807) is 25.1 Å². The van der Waals surface area contributed by atoms with Crippen molar-refractivity contribution in [3.63, 3.8) is 0 Å². The number of hydrogen-bond donors (Lipinski definition) is 1. The molecule has 0 spiro atoms. The number of nitrogens with one attached hydrogen (secondary N) is 1. The van der Waals surface area contributed by atoms with E-state index in [1.807, 2.05) is 19.1 Å². The van der Waals surface area contributed by atoms with Gasteiger partial charge in [0.25, 0.3) is 10.0 Å². The molecular weight excluding hydrogens is 336 g/mol. The number of sulfonamides is 1. The Morgan fingerprint density at radius 1 is 0.960 bits per heavy atom. The maximum atomic E-state index is 12.6. The number of rotatable bonds is 4. The van der Waals surface area contributed by atoms with E-state index in [2.05, 4.69) is 19.8 Å². The van der Waals surface area contributed by atoms with Crippen LogP contribution in [0.3, 0.4) is 0 Å². The van der Waals surface area contributed by atoms with Crippen molar-refractivity contribution in [3.8, 4) is 0 Å². The van der Waals surface area contributed by atoms with Gasteiger partial charge in [-0.2, -0.15) is 0 Å². The minimum absolute atomic E-state index is 0.235. The van der Waals surface area contributed by atoms with Gasteiger partial charge < -0.3 is 4.90 Å². The van der Waals surface area contributed by atoms with Gasteiger partial charge in [-0.1, -0.05) is 30.5 Å². The van der Waals surface area contributed by atoms with Crippen LogP contribution in [0.4, 0.5) is 11.6 Å². The van der Waals surface area contributed by atoms with Crippen molar-refractivity contribution in [2.24, 2.45) is 0 Å². The normalized spacial score (nSPS) is 15.7. The smallest absolute Gasteiger partial charge is 0.263 e. The molecule has 0 atom stereocenters. The van der Waals surface area contributed by atoms with Gasteiger partial charge in [0.2, 0.25) is 0 Å². The summed E-state index contributed by atoms with van der Waals surface area (Å²) < 4.78 is 27.7. The number of anilines is 2. The van der Waals surface area contributed by atoms with Crippen molar-refractivity contribution in [2.45, 2.75) is 44.4 Å². The summed E-state index contributed by atoms with van der Waals surface area (Å²) in [5.41, 5.74) is 1.74. The van der Waals surface area contributed by atoms with Crippen LogP contribution in [0.5, 0.6) is 0 Å². The fraction of sp³-hybridized carbons (Fsp3) is 0.444. The van der Waals surface area contributed by atoms with E-state index in [-0.39, 0.29) is 10.7 Å². The van der Waals surface area contributed by atoms with Gasteiger partial charge >= 0.3 is 0 Å². The van der Waals surface area contributed by atoms with Crippen molar-refractivity contribution in [1.82, 2.24) is 10.2 Å². The molecular formula is C18H24N4O2S. The minimum atomic E-state index is -3.67. The zero-order chi connectivity index (χ0) is 17.9. The maximum Gasteiger partial charge on any atom is 0.263 e. The Morgan fingerprint density at radius 3 is 2.28 bits per heavy atom. The molecule has 1 aromatic heterocycles. The third-order valence-electron chi connectivity index (χ3n) is 4.44. The highest BCUT2D eigenvalue weighted by atomic mass is 32.2. The first-order chi connectivity index (χ1) is 12.0. The molecule has 0 radical (unpaired) electrons. The molecule has 134 valence electrons. The standard InChI is InChI=1S/C18H24N4O2S/c1-14-7-8-16(15(2)13-14)25(23,24)21-17-9-10-18(20-19-17)22-11-5-3-4-6-12-22/h7-10,13H,3-6,11-12H2,1-2H3,(H,19,21). The average Bonchev–Trinajstić information content (AvgIpc) is 2.84. The summed E-state index contributed by atoms with van der Waals surface area (Å²) in [6, 6.07) is 8.76. The van der Waals surface area contributed by atoms with Crippen LogP contribution in [0, 0.1) is 13.8 Å². The van der Waals surface area contributed by atoms with Gasteiger partial charge in [0.15, 0.2) is 11.6 Å². The van der Waals surface area contributed by atoms with E-state index in [9.17, 15) is 8.42 Å². The highest BCUT2D eigenvalue weighted by molar-refractivity contribution is 7.92. The molecule has 0 unspecified atom stereocenters. The van der Waals surface area contributed by atoms with Crippen LogP contribution in [0.1, 0.15) is 36.8 Å². The molecule has 1 fully saturated rings. The van der Waals surface area contributed by atoms with Gasteiger partial charge in [0.05, 0.1) is 4.90 Å². The van der Waals surface area contributed by atoms with Crippen LogP contribution >= 0.6 is 0 Å². The van der Waals surface area contributed by atoms with E-state index in [4.69, 9.17) is 0 Å². The monoisotopic (exact) mass is 360 g/mol. The Morgan fingerprint density at radius 2 is 1.68 bits per heavy atom. The molecule has 2 aromatic rings. The van der Waals surface area contributed by atoms with Crippen LogP contribution in [-0.4, -0.2) is 31.7 Å². The number of hydrogen-bond acceptors (Lipinski definition) is 5. The second kappa shape index (κ2) is 7.39. The third-order valence-corrected chi connectivity index (χ3v) is 5.95. The van der Waals surface area contributed by atoms with Gasteiger partial charge in [0.1, 0.15) is 0 Å². The highest BCUT2D eigenvalue weighted by Crippen LogP contribution is 2.21. The first kappa shape index (κ1) is 17.7. The molecule has 1 aliphatic rings. The molecule has 0 amide bonds. The summed E-state index contributed by atoms with van der Waals surface area (Å²) >= 11 is 0. The summed E-state index contributed by atoms with van der Waals surface area (Å²) in [5, 5.41) is 8.27. The Hall–Kier alpha value is -2.15. The molecule has 2 heterocycles. The first-order valence-corrected chi connectivity index (χ1v) is 10.1. The van der Waals surface area contributed by atoms with Crippen LogP contribution in [0.25, 0.3) is 0 Å². The van der Waals surface area contributed by atoms with Crippen molar-refractivity contribution in [1.29, 1.82) is 0 Å². The topological polar surface area (TPSA) is 75.2 Å². The maximum absolute atomic E-state index is 12.6. The average molecular weight is 360 g/mol. The quantitative estimate of drug-likeness (QED) is 0.906. The largest absolute Gasteiger partial charge is 0.355 e. The summed E-state index contributed by atoms with van der Waals surface area (Å²) in [6.07, 6.45) is 4.81. The lowest BCUT2D eigenvalue weighted by Gasteiger charge is -2.20. The number of aromatic nitrogens is 2. The molecule has 0 saturated carbocycles. The second-order valence-corrected chi connectivity index (χ2v) is 8.20. The third kappa shape index (κ3) is 4.28. The van der Waals surface area contributed by atoms with Crippen LogP contribution in [0.15, 0.2) is 35.2 Å². The zero-order valence-electron chi connectivity index (χ0n) is 14.7. The molecule has 1 aliphatic heterocycles. The molecule has 6 nitrogen and oxygen atoms in total. The van der Waals surface area contributed by atoms with Crippen LogP contribution in [0.2, 0.25) is 0 Å². The molecule has 1 N–H and O–H groups in total. The fourth-order valence-electron chi connectivity index (χ4n) is 3.14. The van der Waals surface area contributed by atoms with Crippen molar-refractivity contribution >= 4 is 21.7 Å². The number of benzene rings is 1. The summed E-state index contributed by atoms with van der Waals surface area (Å²) in [7, 11) is -3.67. The fourth-order valence-corrected chi connectivity index (χ4v) is 4.37. The Kier molecular flexibility index (Phi) is 5.22. The van der Waals surface area contributed by atoms with E-state index in [1.165, 1.54) is 12.8 Å². The highest BCUT2D eigenvalue weighted by Gasteiger charge is 2.18. The second-order valence-electron chi connectivity index (χ2n) is 6.55. The number of aryl methyl sites for hydroxylation is 2. The molecule has 1 aromatic carbocycles. The molecule has 3 rings (SSSR count). The van der Waals surface area contributed by atoms with Gasteiger partial charge in [-0.05, 0) is 50.5 Å². The minimum Gasteiger partial charge on any atom is -0.355 e. The van der Waals surface area contributed by atoms with Gasteiger partial charge in [-0.15, -0.1) is 10.2 Å².